The van der Waals surface area contributed by atoms with Gasteiger partial charge in [0.25, 0.3) is 0 Å². The Balaban J connectivity index is 1.89. The highest BCUT2D eigenvalue weighted by Gasteiger charge is 2.25. The van der Waals surface area contributed by atoms with Gasteiger partial charge in [0.1, 0.15) is 5.82 Å². The Bertz CT molecular complexity index is 835. The van der Waals surface area contributed by atoms with Gasteiger partial charge in [-0.15, -0.1) is 10.2 Å². The lowest BCUT2D eigenvalue weighted by Gasteiger charge is -2.31. The van der Waals surface area contributed by atoms with Crippen molar-refractivity contribution in [3.8, 4) is 5.69 Å². The predicted molar refractivity (Wildman–Crippen MR) is 104 cm³/mol. The maximum Gasteiger partial charge on any atom is 0.318 e. The zero-order chi connectivity index (χ0) is 20.1. The molecule has 1 aliphatic heterocycles. The Hall–Kier alpha value is -2.46. The van der Waals surface area contributed by atoms with Crippen molar-refractivity contribution in [3.63, 3.8) is 0 Å². The Labute approximate surface area is 166 Å². The lowest BCUT2D eigenvalue weighted by atomic mass is 10.1. The van der Waals surface area contributed by atoms with Crippen molar-refractivity contribution in [1.29, 1.82) is 0 Å². The molecule has 0 bridgehead atoms. The SMILES string of the molecule is CC(c1nnc(SCC(=O)NC(N)=O)n1-c1ccc(F)cc1)N1CCCCC1. The highest BCUT2D eigenvalue weighted by molar-refractivity contribution is 7.99. The maximum atomic E-state index is 13.4. The number of aromatic nitrogens is 3. The van der Waals surface area contributed by atoms with Crippen molar-refractivity contribution >= 4 is 23.7 Å². The van der Waals surface area contributed by atoms with E-state index in [9.17, 15) is 14.0 Å². The third kappa shape index (κ3) is 4.87. The van der Waals surface area contributed by atoms with E-state index in [0.29, 0.717) is 10.8 Å². The molecule has 8 nitrogen and oxygen atoms in total. The minimum atomic E-state index is -0.898. The van der Waals surface area contributed by atoms with Gasteiger partial charge in [-0.1, -0.05) is 18.2 Å². The highest BCUT2D eigenvalue weighted by atomic mass is 32.2. The van der Waals surface area contributed by atoms with E-state index in [1.165, 1.54) is 18.6 Å². The molecule has 1 aliphatic rings. The van der Waals surface area contributed by atoms with Gasteiger partial charge >= 0.3 is 6.03 Å². The smallest absolute Gasteiger partial charge is 0.318 e. The molecule has 28 heavy (non-hydrogen) atoms. The molecule has 0 aliphatic carbocycles. The molecule has 1 atom stereocenters. The number of halogens is 1. The van der Waals surface area contributed by atoms with Crippen LogP contribution in [0, 0.1) is 5.82 Å². The summed E-state index contributed by atoms with van der Waals surface area (Å²) in [5.74, 6) is -0.166. The second-order valence-electron chi connectivity index (χ2n) is 6.63. The predicted octanol–water partition coefficient (Wildman–Crippen LogP) is 2.24. The van der Waals surface area contributed by atoms with Crippen molar-refractivity contribution in [3.05, 3.63) is 35.9 Å². The first-order valence-electron chi connectivity index (χ1n) is 9.13. The van der Waals surface area contributed by atoms with E-state index in [1.54, 1.807) is 12.1 Å². The second-order valence-corrected chi connectivity index (χ2v) is 7.57. The van der Waals surface area contributed by atoms with Crippen LogP contribution in [0.25, 0.3) is 5.69 Å². The molecule has 3 rings (SSSR count). The van der Waals surface area contributed by atoms with Crippen LogP contribution >= 0.6 is 11.8 Å². The number of likely N-dealkylation sites (tertiary alicyclic amines) is 1. The van der Waals surface area contributed by atoms with Gasteiger partial charge in [-0.25, -0.2) is 9.18 Å². The number of hydrogen-bond donors (Lipinski definition) is 2. The average molecular weight is 406 g/mol. The molecule has 1 saturated heterocycles. The minimum absolute atomic E-state index is 0.0200. The summed E-state index contributed by atoms with van der Waals surface area (Å²) in [4.78, 5) is 24.9. The van der Waals surface area contributed by atoms with Crippen LogP contribution in [-0.2, 0) is 4.79 Å². The molecule has 0 saturated carbocycles. The Morgan fingerprint density at radius 2 is 1.89 bits per heavy atom. The van der Waals surface area contributed by atoms with Crippen LogP contribution in [0.15, 0.2) is 29.4 Å². The number of piperidine rings is 1. The number of carbonyl (C=O) groups excluding carboxylic acids is 2. The zero-order valence-corrected chi connectivity index (χ0v) is 16.4. The largest absolute Gasteiger partial charge is 0.351 e. The van der Waals surface area contributed by atoms with Gasteiger partial charge in [0.05, 0.1) is 11.8 Å². The number of nitrogens with zero attached hydrogens (tertiary/aromatic N) is 4. The summed E-state index contributed by atoms with van der Waals surface area (Å²) < 4.78 is 15.2. The number of thioether (sulfide) groups is 1. The molecule has 1 aromatic heterocycles. The van der Waals surface area contributed by atoms with Crippen LogP contribution in [0.4, 0.5) is 9.18 Å². The van der Waals surface area contributed by atoms with E-state index in [1.807, 2.05) is 9.88 Å². The molecule has 1 aromatic carbocycles. The van der Waals surface area contributed by atoms with Crippen LogP contribution in [0.5, 0.6) is 0 Å². The average Bonchev–Trinajstić information content (AvgIpc) is 3.10. The lowest BCUT2D eigenvalue weighted by molar-refractivity contribution is -0.117. The summed E-state index contributed by atoms with van der Waals surface area (Å²) >= 11 is 1.14. The van der Waals surface area contributed by atoms with Crippen molar-refractivity contribution in [2.75, 3.05) is 18.8 Å². The van der Waals surface area contributed by atoms with Gasteiger partial charge in [0, 0.05) is 5.69 Å². The summed E-state index contributed by atoms with van der Waals surface area (Å²) in [6.07, 6.45) is 3.51. The molecule has 2 aromatic rings. The number of nitrogens with two attached hydrogens (primary N) is 1. The molecule has 150 valence electrons. The van der Waals surface area contributed by atoms with Gasteiger partial charge in [0.15, 0.2) is 11.0 Å². The topological polar surface area (TPSA) is 106 Å². The summed E-state index contributed by atoms with van der Waals surface area (Å²) in [6.45, 7) is 4.05. The molecule has 3 N–H and O–H groups in total. The lowest BCUT2D eigenvalue weighted by Crippen LogP contribution is -2.36. The molecule has 0 spiro atoms. The van der Waals surface area contributed by atoms with Crippen LogP contribution < -0.4 is 11.1 Å². The Morgan fingerprint density at radius 1 is 1.21 bits per heavy atom. The number of amides is 3. The summed E-state index contributed by atoms with van der Waals surface area (Å²) in [5.41, 5.74) is 5.68. The van der Waals surface area contributed by atoms with Gasteiger partial charge in [-0.05, 0) is 57.1 Å². The first-order chi connectivity index (χ1) is 13.5. The van der Waals surface area contributed by atoms with Crippen molar-refractivity contribution in [2.24, 2.45) is 5.73 Å². The number of imide groups is 1. The van der Waals surface area contributed by atoms with E-state index in [0.717, 1.165) is 43.5 Å². The van der Waals surface area contributed by atoms with Crippen LogP contribution in [0.1, 0.15) is 38.1 Å². The third-order valence-electron chi connectivity index (χ3n) is 4.65. The molecule has 1 fully saturated rings. The van der Waals surface area contributed by atoms with Gasteiger partial charge in [-0.2, -0.15) is 0 Å². The Morgan fingerprint density at radius 3 is 2.54 bits per heavy atom. The van der Waals surface area contributed by atoms with Gasteiger partial charge in [0.2, 0.25) is 5.91 Å². The normalized spacial score (nSPS) is 15.9. The maximum absolute atomic E-state index is 13.4. The first kappa shape index (κ1) is 20.3. The highest BCUT2D eigenvalue weighted by Crippen LogP contribution is 2.29. The standard InChI is InChI=1S/C18H23FN6O2S/c1-12(24-9-3-2-4-10-24)16-22-23-18(28-11-15(26)21-17(20)27)25(16)14-7-5-13(19)6-8-14/h5-8,12H,2-4,9-11H2,1H3,(H3,20,21,26,27). The fourth-order valence-corrected chi connectivity index (χ4v) is 4.01. The molecule has 3 amide bonds. The molecule has 0 radical (unpaired) electrons. The number of benzene rings is 1. The van der Waals surface area contributed by atoms with Gasteiger partial charge in [-0.3, -0.25) is 19.6 Å². The van der Waals surface area contributed by atoms with Crippen LogP contribution in [-0.4, -0.2) is 50.4 Å². The van der Waals surface area contributed by atoms with Crippen LogP contribution in [0.3, 0.4) is 0 Å². The van der Waals surface area contributed by atoms with E-state index >= 15 is 0 Å². The molecule has 10 heteroatoms. The fraction of sp³-hybridized carbons (Fsp3) is 0.444. The van der Waals surface area contributed by atoms with Crippen molar-refractivity contribution in [1.82, 2.24) is 25.0 Å². The molecular weight excluding hydrogens is 383 g/mol. The van der Waals surface area contributed by atoms with E-state index in [4.69, 9.17) is 5.73 Å². The van der Waals surface area contributed by atoms with Gasteiger partial charge < -0.3 is 5.73 Å². The quantitative estimate of drug-likeness (QED) is 0.713. The van der Waals surface area contributed by atoms with Crippen molar-refractivity contribution in [2.45, 2.75) is 37.4 Å². The number of nitrogens with one attached hydrogen (secondary N) is 1. The summed E-state index contributed by atoms with van der Waals surface area (Å²) in [5, 5.41) is 11.1. The third-order valence-corrected chi connectivity index (χ3v) is 5.58. The molecular formula is C18H23FN6O2S. The minimum Gasteiger partial charge on any atom is -0.351 e. The second kappa shape index (κ2) is 9.16. The van der Waals surface area contributed by atoms with E-state index in [-0.39, 0.29) is 17.6 Å². The molecule has 1 unspecified atom stereocenters. The number of urea groups is 1. The monoisotopic (exact) mass is 406 g/mol. The number of rotatable bonds is 6. The zero-order valence-electron chi connectivity index (χ0n) is 15.6. The number of primary amides is 1. The van der Waals surface area contributed by atoms with E-state index in [2.05, 4.69) is 22.0 Å². The van der Waals surface area contributed by atoms with Crippen molar-refractivity contribution < 1.29 is 14.0 Å². The first-order valence-corrected chi connectivity index (χ1v) is 10.1. The number of hydrogen-bond acceptors (Lipinski definition) is 6. The summed E-state index contributed by atoms with van der Waals surface area (Å²) in [6, 6.07) is 5.17. The summed E-state index contributed by atoms with van der Waals surface area (Å²) in [7, 11) is 0. The van der Waals surface area contributed by atoms with Crippen LogP contribution in [0.2, 0.25) is 0 Å². The molecule has 2 heterocycles. The number of carbonyl (C=O) groups is 2. The fourth-order valence-electron chi connectivity index (χ4n) is 3.25. The Kier molecular flexibility index (Phi) is 6.63. The van der Waals surface area contributed by atoms with E-state index < -0.39 is 11.9 Å².